The van der Waals surface area contributed by atoms with E-state index in [1.165, 1.54) is 16.6 Å². The van der Waals surface area contributed by atoms with Crippen LogP contribution in [0.25, 0.3) is 0 Å². The molecule has 170 valence electrons. The van der Waals surface area contributed by atoms with Crippen LogP contribution < -0.4 is 10.7 Å². The van der Waals surface area contributed by atoms with E-state index in [-0.39, 0.29) is 11.7 Å². The second kappa shape index (κ2) is 8.51. The molecule has 3 aliphatic rings. The first kappa shape index (κ1) is 21.4. The maximum atomic E-state index is 12.9. The Kier molecular flexibility index (Phi) is 5.70. The predicted octanol–water partition coefficient (Wildman–Crippen LogP) is 2.89. The molecule has 0 unspecified atom stereocenters. The first-order valence-corrected chi connectivity index (χ1v) is 12.9. The van der Waals surface area contributed by atoms with Crippen LogP contribution in [-0.2, 0) is 16.0 Å². The molecule has 0 atom stereocenters. The van der Waals surface area contributed by atoms with Crippen molar-refractivity contribution in [2.24, 2.45) is 5.92 Å². The summed E-state index contributed by atoms with van der Waals surface area (Å²) in [5, 5.41) is 15.1. The smallest absolute Gasteiger partial charge is 0.322 e. The molecule has 3 fully saturated rings. The quantitative estimate of drug-likeness (QED) is 0.472. The molecule has 2 saturated carbocycles. The van der Waals surface area contributed by atoms with Crippen LogP contribution in [0.5, 0.6) is 0 Å². The van der Waals surface area contributed by atoms with Crippen molar-refractivity contribution in [3.8, 4) is 0 Å². The Labute approximate surface area is 194 Å². The molecule has 4 amide bonds. The van der Waals surface area contributed by atoms with Crippen molar-refractivity contribution in [1.29, 1.82) is 0 Å². The van der Waals surface area contributed by atoms with Crippen LogP contribution in [0.3, 0.4) is 0 Å². The number of aromatic nitrogens is 3. The maximum Gasteiger partial charge on any atom is 0.344 e. The van der Waals surface area contributed by atoms with E-state index >= 15 is 0 Å². The van der Waals surface area contributed by atoms with Gasteiger partial charge < -0.3 is 9.88 Å². The zero-order valence-corrected chi connectivity index (χ0v) is 19.5. The highest BCUT2D eigenvalue weighted by Gasteiger charge is 2.52. The van der Waals surface area contributed by atoms with E-state index < -0.39 is 17.5 Å². The lowest BCUT2D eigenvalue weighted by Gasteiger charge is -2.33. The van der Waals surface area contributed by atoms with Gasteiger partial charge in [-0.15, -0.1) is 21.5 Å². The highest BCUT2D eigenvalue weighted by Crippen LogP contribution is 2.39. The van der Waals surface area contributed by atoms with Crippen LogP contribution in [0.4, 0.5) is 4.79 Å². The molecule has 2 aromatic heterocycles. The molecular formula is C21H26N6O3S2. The summed E-state index contributed by atoms with van der Waals surface area (Å²) in [4.78, 5) is 39.1. The fourth-order valence-electron chi connectivity index (χ4n) is 4.40. The van der Waals surface area contributed by atoms with E-state index in [1.807, 2.05) is 11.4 Å². The Morgan fingerprint density at radius 3 is 2.75 bits per heavy atom. The van der Waals surface area contributed by atoms with Crippen LogP contribution in [0.1, 0.15) is 62.2 Å². The normalized spacial score (nSPS) is 25.4. The molecule has 0 bridgehead atoms. The number of rotatable bonds is 7. The van der Waals surface area contributed by atoms with Gasteiger partial charge in [-0.05, 0) is 55.9 Å². The van der Waals surface area contributed by atoms with Gasteiger partial charge >= 0.3 is 6.03 Å². The minimum Gasteiger partial charge on any atom is -0.322 e. The van der Waals surface area contributed by atoms with E-state index in [2.05, 4.69) is 38.5 Å². The first-order valence-electron chi connectivity index (χ1n) is 11.0. The summed E-state index contributed by atoms with van der Waals surface area (Å²) in [6.45, 7) is 2.15. The van der Waals surface area contributed by atoms with Gasteiger partial charge in [0.25, 0.3) is 5.91 Å². The molecule has 1 spiro atoms. The van der Waals surface area contributed by atoms with E-state index in [4.69, 9.17) is 0 Å². The third kappa shape index (κ3) is 4.15. The number of urea groups is 1. The molecule has 1 aliphatic heterocycles. The lowest BCUT2D eigenvalue weighted by molar-refractivity contribution is -0.139. The van der Waals surface area contributed by atoms with Gasteiger partial charge in [0.2, 0.25) is 5.91 Å². The Morgan fingerprint density at radius 1 is 1.28 bits per heavy atom. The van der Waals surface area contributed by atoms with Gasteiger partial charge in [0.15, 0.2) is 5.16 Å². The lowest BCUT2D eigenvalue weighted by atomic mass is 9.77. The summed E-state index contributed by atoms with van der Waals surface area (Å²) in [6.07, 6.45) is 5.87. The molecular weight excluding hydrogens is 448 g/mol. The van der Waals surface area contributed by atoms with Crippen LogP contribution in [-0.4, -0.2) is 48.9 Å². The molecule has 9 nitrogen and oxygen atoms in total. The van der Waals surface area contributed by atoms with Crippen molar-refractivity contribution >= 4 is 40.9 Å². The van der Waals surface area contributed by atoms with Crippen molar-refractivity contribution in [1.82, 2.24) is 30.5 Å². The number of imide groups is 1. The molecule has 32 heavy (non-hydrogen) atoms. The van der Waals surface area contributed by atoms with Crippen LogP contribution in [0, 0.1) is 5.92 Å². The summed E-state index contributed by atoms with van der Waals surface area (Å²) >= 11 is 2.97. The average molecular weight is 475 g/mol. The Hall–Kier alpha value is -2.40. The number of hydrogen-bond donors (Lipinski definition) is 2. The van der Waals surface area contributed by atoms with E-state index in [1.54, 1.807) is 11.3 Å². The van der Waals surface area contributed by atoms with Crippen LogP contribution in [0.2, 0.25) is 0 Å². The van der Waals surface area contributed by atoms with Gasteiger partial charge in [-0.1, -0.05) is 24.8 Å². The fraction of sp³-hybridized carbons (Fsp3) is 0.571. The number of amides is 4. The summed E-state index contributed by atoms with van der Waals surface area (Å²) < 4.78 is 2.13. The van der Waals surface area contributed by atoms with Crippen molar-refractivity contribution in [2.75, 3.05) is 5.75 Å². The Morgan fingerprint density at radius 2 is 2.06 bits per heavy atom. The topological polar surface area (TPSA) is 109 Å². The average Bonchev–Trinajstić information content (AvgIpc) is 3.24. The standard InChI is InChI=1S/C21H26N6O3S2/c1-13-6-8-21(9-7-13)18(29)27(19(30)22-21)25-17(28)12-32-20-24-23-16(26(20)14-4-5-14)11-15-3-2-10-31-15/h2-3,10,13-14H,4-9,11-12H2,1H3,(H,22,30)(H,25,28). The number of carbonyl (C=O) groups is 3. The second-order valence-electron chi connectivity index (χ2n) is 8.92. The second-order valence-corrected chi connectivity index (χ2v) is 10.9. The zero-order valence-electron chi connectivity index (χ0n) is 17.9. The molecule has 2 aromatic rings. The third-order valence-electron chi connectivity index (χ3n) is 6.42. The number of carbonyl (C=O) groups excluding carboxylic acids is 3. The van der Waals surface area contributed by atoms with Gasteiger partial charge in [0, 0.05) is 17.3 Å². The first-order chi connectivity index (χ1) is 15.4. The maximum absolute atomic E-state index is 12.9. The number of hydrogen-bond acceptors (Lipinski definition) is 7. The summed E-state index contributed by atoms with van der Waals surface area (Å²) in [5.74, 6) is 0.724. The van der Waals surface area contributed by atoms with Crippen LogP contribution >= 0.6 is 23.1 Å². The van der Waals surface area contributed by atoms with E-state index in [9.17, 15) is 14.4 Å². The molecule has 11 heteroatoms. The molecule has 2 N–H and O–H groups in total. The molecule has 0 radical (unpaired) electrons. The predicted molar refractivity (Wildman–Crippen MR) is 120 cm³/mol. The SMILES string of the molecule is CC1CCC2(CC1)NC(=O)N(NC(=O)CSc1nnc(Cc3cccs3)n1C1CC1)C2=O. The number of thiophene rings is 1. The summed E-state index contributed by atoms with van der Waals surface area (Å²) in [5.41, 5.74) is 1.63. The Balaban J connectivity index is 1.21. The van der Waals surface area contributed by atoms with Gasteiger partial charge in [0.1, 0.15) is 11.4 Å². The minimum absolute atomic E-state index is 0.0466. The van der Waals surface area contributed by atoms with Crippen molar-refractivity contribution in [2.45, 2.75) is 68.6 Å². The largest absolute Gasteiger partial charge is 0.344 e. The van der Waals surface area contributed by atoms with Crippen molar-refractivity contribution in [3.05, 3.63) is 28.2 Å². The lowest BCUT2D eigenvalue weighted by Crippen LogP contribution is -2.51. The number of hydrazine groups is 1. The monoisotopic (exact) mass is 474 g/mol. The highest BCUT2D eigenvalue weighted by molar-refractivity contribution is 7.99. The molecule has 3 heterocycles. The van der Waals surface area contributed by atoms with E-state index in [0.717, 1.165) is 42.9 Å². The fourth-order valence-corrected chi connectivity index (χ4v) is 5.92. The molecule has 0 aromatic carbocycles. The van der Waals surface area contributed by atoms with Gasteiger partial charge in [-0.3, -0.25) is 15.0 Å². The number of thioether (sulfide) groups is 1. The molecule has 5 rings (SSSR count). The van der Waals surface area contributed by atoms with Crippen LogP contribution in [0.15, 0.2) is 22.7 Å². The highest BCUT2D eigenvalue weighted by atomic mass is 32.2. The summed E-state index contributed by atoms with van der Waals surface area (Å²) in [7, 11) is 0. The minimum atomic E-state index is -0.868. The van der Waals surface area contributed by atoms with E-state index in [0.29, 0.717) is 30.0 Å². The van der Waals surface area contributed by atoms with Crippen molar-refractivity contribution in [3.63, 3.8) is 0 Å². The van der Waals surface area contributed by atoms with Crippen molar-refractivity contribution < 1.29 is 14.4 Å². The number of nitrogens with zero attached hydrogens (tertiary/aromatic N) is 4. The number of nitrogens with one attached hydrogen (secondary N) is 2. The molecule has 1 saturated heterocycles. The Bertz CT molecular complexity index is 1020. The summed E-state index contributed by atoms with van der Waals surface area (Å²) in [6, 6.07) is 3.92. The zero-order chi connectivity index (χ0) is 22.3. The third-order valence-corrected chi connectivity index (χ3v) is 8.24. The molecule has 2 aliphatic carbocycles. The van der Waals surface area contributed by atoms with Gasteiger partial charge in [0.05, 0.1) is 5.75 Å². The van der Waals surface area contributed by atoms with Gasteiger partial charge in [-0.2, -0.15) is 5.01 Å². The van der Waals surface area contributed by atoms with Gasteiger partial charge in [-0.25, -0.2) is 4.79 Å².